The van der Waals surface area contributed by atoms with E-state index in [0.717, 1.165) is 22.1 Å². The highest BCUT2D eigenvalue weighted by atomic mass is 32.1. The molecule has 4 heteroatoms. The lowest BCUT2D eigenvalue weighted by Crippen LogP contribution is -1.94. The van der Waals surface area contributed by atoms with Crippen LogP contribution in [0.3, 0.4) is 0 Å². The number of thiophene rings is 1. The second-order valence-electron chi connectivity index (χ2n) is 4.70. The molecule has 1 aromatic carbocycles. The van der Waals surface area contributed by atoms with Gasteiger partial charge in [-0.2, -0.15) is 0 Å². The van der Waals surface area contributed by atoms with Crippen LogP contribution in [-0.2, 0) is 6.42 Å². The quantitative estimate of drug-likeness (QED) is 0.793. The molecule has 0 saturated heterocycles. The summed E-state index contributed by atoms with van der Waals surface area (Å²) >= 11 is 1.72. The van der Waals surface area contributed by atoms with Crippen LogP contribution in [0.5, 0.6) is 0 Å². The number of nitrogens with zero attached hydrogens (tertiary/aromatic N) is 1. The second kappa shape index (κ2) is 5.06. The van der Waals surface area contributed by atoms with Gasteiger partial charge in [-0.05, 0) is 47.7 Å². The lowest BCUT2D eigenvalue weighted by atomic mass is 10.1. The van der Waals surface area contributed by atoms with Gasteiger partial charge in [0, 0.05) is 28.4 Å². The van der Waals surface area contributed by atoms with E-state index in [9.17, 15) is 4.79 Å². The van der Waals surface area contributed by atoms with Crippen molar-refractivity contribution >= 4 is 27.4 Å². The predicted molar refractivity (Wildman–Crippen MR) is 80.6 cm³/mol. The molecule has 0 unspecified atom stereocenters. The Bertz CT molecular complexity index is 778. The SMILES string of the molecule is Cc1c(Cc2cccnc2)sc2ccc(C(=O)O)cc12. The van der Waals surface area contributed by atoms with E-state index in [4.69, 9.17) is 5.11 Å². The summed E-state index contributed by atoms with van der Waals surface area (Å²) in [4.78, 5) is 16.4. The van der Waals surface area contributed by atoms with E-state index in [1.54, 1.807) is 29.7 Å². The molecule has 3 aromatic rings. The lowest BCUT2D eigenvalue weighted by molar-refractivity contribution is 0.0697. The van der Waals surface area contributed by atoms with Crippen molar-refractivity contribution in [3.63, 3.8) is 0 Å². The van der Waals surface area contributed by atoms with Crippen molar-refractivity contribution in [2.45, 2.75) is 13.3 Å². The summed E-state index contributed by atoms with van der Waals surface area (Å²) in [6.45, 7) is 2.05. The summed E-state index contributed by atoms with van der Waals surface area (Å²) in [5, 5.41) is 10.1. The van der Waals surface area contributed by atoms with Crippen LogP contribution in [0, 0.1) is 6.92 Å². The van der Waals surface area contributed by atoms with Gasteiger partial charge in [-0.25, -0.2) is 4.79 Å². The number of pyridine rings is 1. The zero-order chi connectivity index (χ0) is 14.1. The van der Waals surface area contributed by atoms with Crippen LogP contribution in [0.15, 0.2) is 42.7 Å². The minimum atomic E-state index is -0.883. The van der Waals surface area contributed by atoms with Gasteiger partial charge in [0.1, 0.15) is 0 Å². The molecule has 2 aromatic heterocycles. The number of fused-ring (bicyclic) bond motifs is 1. The maximum absolute atomic E-state index is 11.0. The van der Waals surface area contributed by atoms with Gasteiger partial charge >= 0.3 is 5.97 Å². The van der Waals surface area contributed by atoms with E-state index in [2.05, 4.69) is 18.0 Å². The van der Waals surface area contributed by atoms with Crippen molar-refractivity contribution in [2.24, 2.45) is 0 Å². The molecule has 0 aliphatic heterocycles. The Morgan fingerprint density at radius 3 is 2.90 bits per heavy atom. The average molecular weight is 283 g/mol. The van der Waals surface area contributed by atoms with Crippen molar-refractivity contribution in [1.82, 2.24) is 4.98 Å². The molecule has 0 fully saturated rings. The number of carboxylic acid groups (broad SMARTS) is 1. The Morgan fingerprint density at radius 2 is 2.20 bits per heavy atom. The first-order valence-corrected chi connectivity index (χ1v) is 7.11. The van der Waals surface area contributed by atoms with Gasteiger partial charge in [0.05, 0.1) is 5.56 Å². The molecule has 0 spiro atoms. The Balaban J connectivity index is 2.05. The third kappa shape index (κ3) is 2.30. The van der Waals surface area contributed by atoms with Gasteiger partial charge in [-0.1, -0.05) is 6.07 Å². The second-order valence-corrected chi connectivity index (χ2v) is 5.84. The van der Waals surface area contributed by atoms with Gasteiger partial charge in [-0.3, -0.25) is 4.98 Å². The minimum Gasteiger partial charge on any atom is -0.478 e. The normalized spacial score (nSPS) is 10.8. The van der Waals surface area contributed by atoms with Crippen LogP contribution >= 0.6 is 11.3 Å². The molecule has 0 bridgehead atoms. The zero-order valence-electron chi connectivity index (χ0n) is 11.0. The Kier molecular flexibility index (Phi) is 3.24. The number of benzene rings is 1. The molecule has 0 radical (unpaired) electrons. The third-order valence-electron chi connectivity index (χ3n) is 3.37. The van der Waals surface area contributed by atoms with Crippen LogP contribution in [0.4, 0.5) is 0 Å². The van der Waals surface area contributed by atoms with E-state index in [1.165, 1.54) is 10.4 Å². The highest BCUT2D eigenvalue weighted by Crippen LogP contribution is 2.32. The van der Waals surface area contributed by atoms with Gasteiger partial charge in [-0.15, -0.1) is 11.3 Å². The third-order valence-corrected chi connectivity index (χ3v) is 4.64. The molecule has 2 heterocycles. The van der Waals surface area contributed by atoms with E-state index >= 15 is 0 Å². The van der Waals surface area contributed by atoms with Gasteiger partial charge in [0.2, 0.25) is 0 Å². The first-order chi connectivity index (χ1) is 9.65. The van der Waals surface area contributed by atoms with Crippen LogP contribution < -0.4 is 0 Å². The molecule has 20 heavy (non-hydrogen) atoms. The lowest BCUT2D eigenvalue weighted by Gasteiger charge is -1.99. The number of carbonyl (C=O) groups is 1. The molecule has 100 valence electrons. The Labute approximate surface area is 120 Å². The maximum Gasteiger partial charge on any atom is 0.335 e. The molecule has 0 aliphatic carbocycles. The van der Waals surface area contributed by atoms with E-state index < -0.39 is 5.97 Å². The molecule has 3 nitrogen and oxygen atoms in total. The van der Waals surface area contributed by atoms with Crippen LogP contribution in [0.2, 0.25) is 0 Å². The first kappa shape index (κ1) is 12.8. The van der Waals surface area contributed by atoms with Crippen molar-refractivity contribution in [3.05, 3.63) is 64.3 Å². The molecule has 0 amide bonds. The van der Waals surface area contributed by atoms with Crippen LogP contribution in [0.25, 0.3) is 10.1 Å². The highest BCUT2D eigenvalue weighted by Gasteiger charge is 2.11. The summed E-state index contributed by atoms with van der Waals surface area (Å²) in [6.07, 6.45) is 4.47. The molecule has 0 aliphatic rings. The van der Waals surface area contributed by atoms with Crippen molar-refractivity contribution in [3.8, 4) is 0 Å². The molecule has 0 saturated carbocycles. The summed E-state index contributed by atoms with van der Waals surface area (Å²) in [5.41, 5.74) is 2.67. The van der Waals surface area contributed by atoms with Crippen molar-refractivity contribution in [1.29, 1.82) is 0 Å². The van der Waals surface area contributed by atoms with Crippen LogP contribution in [-0.4, -0.2) is 16.1 Å². The number of rotatable bonds is 3. The Hall–Kier alpha value is -2.20. The predicted octanol–water partition coefficient (Wildman–Crippen LogP) is 3.89. The standard InChI is InChI=1S/C16H13NO2S/c1-10-13-8-12(16(18)19)4-5-14(13)20-15(10)7-11-3-2-6-17-9-11/h2-6,8-9H,7H2,1H3,(H,18,19). The first-order valence-electron chi connectivity index (χ1n) is 6.29. The Morgan fingerprint density at radius 1 is 1.35 bits per heavy atom. The van der Waals surface area contributed by atoms with Crippen LogP contribution in [0.1, 0.15) is 26.4 Å². The summed E-state index contributed by atoms with van der Waals surface area (Å²) in [7, 11) is 0. The summed E-state index contributed by atoms with van der Waals surface area (Å²) < 4.78 is 1.13. The smallest absolute Gasteiger partial charge is 0.335 e. The fourth-order valence-electron chi connectivity index (χ4n) is 2.26. The number of carboxylic acids is 1. The fourth-order valence-corrected chi connectivity index (χ4v) is 3.49. The number of aryl methyl sites for hydroxylation is 1. The topological polar surface area (TPSA) is 50.2 Å². The largest absolute Gasteiger partial charge is 0.478 e. The number of aromatic nitrogens is 1. The molecule has 3 rings (SSSR count). The van der Waals surface area contributed by atoms with Crippen molar-refractivity contribution in [2.75, 3.05) is 0 Å². The number of hydrogen-bond acceptors (Lipinski definition) is 3. The van der Waals surface area contributed by atoms with E-state index in [-0.39, 0.29) is 0 Å². The maximum atomic E-state index is 11.0. The average Bonchev–Trinajstić information content (AvgIpc) is 2.76. The molecular formula is C16H13NO2S. The monoisotopic (exact) mass is 283 g/mol. The van der Waals surface area contributed by atoms with Gasteiger partial charge < -0.3 is 5.11 Å². The fraction of sp³-hybridized carbons (Fsp3) is 0.125. The van der Waals surface area contributed by atoms with Gasteiger partial charge in [0.15, 0.2) is 0 Å². The van der Waals surface area contributed by atoms with Crippen molar-refractivity contribution < 1.29 is 9.90 Å². The molecule has 1 N–H and O–H groups in total. The van der Waals surface area contributed by atoms with Gasteiger partial charge in [0.25, 0.3) is 0 Å². The summed E-state index contributed by atoms with van der Waals surface area (Å²) in [5.74, 6) is -0.883. The molecule has 0 atom stereocenters. The number of hydrogen-bond donors (Lipinski definition) is 1. The van der Waals surface area contributed by atoms with E-state index in [1.807, 2.05) is 18.3 Å². The number of aromatic carboxylic acids is 1. The molecular weight excluding hydrogens is 270 g/mol. The minimum absolute atomic E-state index is 0.339. The zero-order valence-corrected chi connectivity index (χ0v) is 11.8. The highest BCUT2D eigenvalue weighted by molar-refractivity contribution is 7.19. The summed E-state index contributed by atoms with van der Waals surface area (Å²) in [6, 6.07) is 9.30. The van der Waals surface area contributed by atoms with E-state index in [0.29, 0.717) is 5.56 Å².